The molecule has 17 heavy (non-hydrogen) atoms. The van der Waals surface area contributed by atoms with E-state index in [1.54, 1.807) is 0 Å². The normalized spacial score (nSPS) is 11.6. The molecule has 0 spiro atoms. The fourth-order valence-corrected chi connectivity index (χ4v) is 2.71. The summed E-state index contributed by atoms with van der Waals surface area (Å²) in [5, 5.41) is 4.08. The minimum atomic E-state index is -3.77. The molecule has 0 aliphatic heterocycles. The van der Waals surface area contributed by atoms with Crippen LogP contribution in [0, 0.1) is 0 Å². The van der Waals surface area contributed by atoms with E-state index in [1.165, 1.54) is 30.5 Å². The van der Waals surface area contributed by atoms with Gasteiger partial charge in [-0.2, -0.15) is 12.5 Å². The summed E-state index contributed by atoms with van der Waals surface area (Å²) < 4.78 is 24.9. The van der Waals surface area contributed by atoms with E-state index < -0.39 is 10.0 Å². The number of hydrogen-bond donors (Lipinski definition) is 1. The zero-order valence-electron chi connectivity index (χ0n) is 8.34. The van der Waals surface area contributed by atoms with Crippen LogP contribution < -0.4 is 5.73 Å². The Morgan fingerprint density at radius 1 is 1.18 bits per heavy atom. The number of benzene rings is 1. The fraction of sp³-hybridized carbons (Fsp3) is 0. The lowest BCUT2D eigenvalue weighted by molar-refractivity contribution is 0.580. The molecular formula is C9H7Cl2N3O2S. The SMILES string of the molecule is Nc1ccn(S(=O)(=O)c2ccc(Cl)c(Cl)c2)n1. The van der Waals surface area contributed by atoms with Crippen LogP contribution in [-0.4, -0.2) is 17.6 Å². The quantitative estimate of drug-likeness (QED) is 0.918. The van der Waals surface area contributed by atoms with Crippen molar-refractivity contribution >= 4 is 39.0 Å². The first kappa shape index (κ1) is 12.2. The highest BCUT2D eigenvalue weighted by Gasteiger charge is 2.18. The number of aromatic nitrogens is 2. The van der Waals surface area contributed by atoms with E-state index in [9.17, 15) is 8.42 Å². The molecule has 0 saturated carbocycles. The predicted molar refractivity (Wildman–Crippen MR) is 65.7 cm³/mol. The molecule has 0 radical (unpaired) electrons. The third kappa shape index (κ3) is 2.24. The lowest BCUT2D eigenvalue weighted by Gasteiger charge is -2.05. The third-order valence-corrected chi connectivity index (χ3v) is 4.31. The van der Waals surface area contributed by atoms with Crippen molar-refractivity contribution in [1.29, 1.82) is 0 Å². The Hall–Kier alpha value is -1.24. The summed E-state index contributed by atoms with van der Waals surface area (Å²) in [5.74, 6) is 0.119. The molecule has 5 nitrogen and oxygen atoms in total. The second-order valence-corrected chi connectivity index (χ2v) is 5.80. The van der Waals surface area contributed by atoms with Gasteiger partial charge in [0.05, 0.1) is 14.9 Å². The van der Waals surface area contributed by atoms with Crippen LogP contribution in [0.5, 0.6) is 0 Å². The van der Waals surface area contributed by atoms with Crippen molar-refractivity contribution in [3.63, 3.8) is 0 Å². The number of nitrogens with zero attached hydrogens (tertiary/aromatic N) is 2. The molecule has 8 heteroatoms. The van der Waals surface area contributed by atoms with Gasteiger partial charge in [0, 0.05) is 12.3 Å². The van der Waals surface area contributed by atoms with E-state index in [2.05, 4.69) is 5.10 Å². The van der Waals surface area contributed by atoms with Gasteiger partial charge in [0.2, 0.25) is 0 Å². The summed E-state index contributed by atoms with van der Waals surface area (Å²) in [6.07, 6.45) is 1.26. The van der Waals surface area contributed by atoms with Gasteiger partial charge in [-0.05, 0) is 18.2 Å². The smallest absolute Gasteiger partial charge is 0.283 e. The zero-order chi connectivity index (χ0) is 12.6. The monoisotopic (exact) mass is 291 g/mol. The van der Waals surface area contributed by atoms with Gasteiger partial charge in [0.25, 0.3) is 10.0 Å². The summed E-state index contributed by atoms with van der Waals surface area (Å²) >= 11 is 11.5. The van der Waals surface area contributed by atoms with Gasteiger partial charge >= 0.3 is 0 Å². The maximum absolute atomic E-state index is 12.1. The molecule has 1 aromatic heterocycles. The molecule has 1 heterocycles. The minimum absolute atomic E-state index is 0.00463. The molecular weight excluding hydrogens is 285 g/mol. The van der Waals surface area contributed by atoms with Gasteiger partial charge < -0.3 is 5.73 Å². The molecule has 0 amide bonds. The molecule has 2 N–H and O–H groups in total. The van der Waals surface area contributed by atoms with E-state index in [0.29, 0.717) is 0 Å². The second-order valence-electron chi connectivity index (χ2n) is 3.19. The Kier molecular flexibility index (Phi) is 3.03. The Bertz CT molecular complexity index is 667. The summed E-state index contributed by atoms with van der Waals surface area (Å²) in [5.41, 5.74) is 5.36. The zero-order valence-corrected chi connectivity index (χ0v) is 10.7. The average molecular weight is 292 g/mol. The van der Waals surface area contributed by atoms with Gasteiger partial charge in [0.1, 0.15) is 5.82 Å². The average Bonchev–Trinajstić information content (AvgIpc) is 2.69. The number of nitrogen functional groups attached to an aromatic ring is 1. The van der Waals surface area contributed by atoms with E-state index in [4.69, 9.17) is 28.9 Å². The van der Waals surface area contributed by atoms with Crippen LogP contribution in [0.4, 0.5) is 5.82 Å². The summed E-state index contributed by atoms with van der Waals surface area (Å²) in [6.45, 7) is 0. The van der Waals surface area contributed by atoms with Crippen molar-refractivity contribution in [2.75, 3.05) is 5.73 Å². The lowest BCUT2D eigenvalue weighted by atomic mass is 10.4. The Morgan fingerprint density at radius 3 is 2.41 bits per heavy atom. The standard InChI is InChI=1S/C9H7Cl2N3O2S/c10-7-2-1-6(5-8(7)11)17(15,16)14-4-3-9(12)13-14/h1-5H,(H2,12,13). The van der Waals surface area contributed by atoms with Crippen LogP contribution in [-0.2, 0) is 10.0 Å². The summed E-state index contributed by atoms with van der Waals surface area (Å²) in [7, 11) is -3.77. The van der Waals surface area contributed by atoms with Crippen LogP contribution in [0.15, 0.2) is 35.4 Å². The van der Waals surface area contributed by atoms with Gasteiger partial charge in [-0.1, -0.05) is 23.2 Å². The number of hydrogen-bond acceptors (Lipinski definition) is 4. The first-order chi connectivity index (χ1) is 7.91. The van der Waals surface area contributed by atoms with Crippen molar-refractivity contribution < 1.29 is 8.42 Å². The van der Waals surface area contributed by atoms with Crippen LogP contribution in [0.25, 0.3) is 0 Å². The summed E-state index contributed by atoms with van der Waals surface area (Å²) in [6, 6.07) is 5.40. The molecule has 0 aliphatic carbocycles. The number of anilines is 1. The molecule has 0 aliphatic rings. The molecule has 2 aromatic rings. The molecule has 90 valence electrons. The first-order valence-electron chi connectivity index (χ1n) is 4.43. The van der Waals surface area contributed by atoms with Crippen LogP contribution in [0.2, 0.25) is 10.0 Å². The van der Waals surface area contributed by atoms with E-state index in [0.717, 1.165) is 4.09 Å². The fourth-order valence-electron chi connectivity index (χ4n) is 1.20. The van der Waals surface area contributed by atoms with Crippen molar-refractivity contribution in [2.24, 2.45) is 0 Å². The molecule has 2 rings (SSSR count). The molecule has 0 saturated heterocycles. The van der Waals surface area contributed by atoms with Crippen molar-refractivity contribution in [1.82, 2.24) is 9.19 Å². The van der Waals surface area contributed by atoms with Crippen molar-refractivity contribution in [2.45, 2.75) is 4.90 Å². The number of halogens is 2. The van der Waals surface area contributed by atoms with Crippen molar-refractivity contribution in [3.8, 4) is 0 Å². The molecule has 0 bridgehead atoms. The second kappa shape index (κ2) is 4.21. The van der Waals surface area contributed by atoms with Gasteiger partial charge in [0.15, 0.2) is 0 Å². The van der Waals surface area contributed by atoms with Gasteiger partial charge in [-0.15, -0.1) is 5.10 Å². The Balaban J connectivity index is 2.56. The molecule has 0 unspecified atom stereocenters. The topological polar surface area (TPSA) is 78.0 Å². The Morgan fingerprint density at radius 2 is 1.88 bits per heavy atom. The molecule has 0 fully saturated rings. The van der Waals surface area contributed by atoms with E-state index in [-0.39, 0.29) is 20.8 Å². The number of nitrogens with two attached hydrogens (primary N) is 1. The predicted octanol–water partition coefficient (Wildman–Crippen LogP) is 2.01. The minimum Gasteiger partial charge on any atom is -0.382 e. The Labute approximate surface area is 108 Å². The largest absolute Gasteiger partial charge is 0.382 e. The highest BCUT2D eigenvalue weighted by molar-refractivity contribution is 7.89. The van der Waals surface area contributed by atoms with Gasteiger partial charge in [-0.3, -0.25) is 0 Å². The summed E-state index contributed by atoms with van der Waals surface area (Å²) in [4.78, 5) is -0.00463. The highest BCUT2D eigenvalue weighted by Crippen LogP contribution is 2.25. The highest BCUT2D eigenvalue weighted by atomic mass is 35.5. The maximum atomic E-state index is 12.1. The van der Waals surface area contributed by atoms with E-state index in [1.807, 2.05) is 0 Å². The van der Waals surface area contributed by atoms with Crippen LogP contribution in [0.3, 0.4) is 0 Å². The van der Waals surface area contributed by atoms with Crippen LogP contribution in [0.1, 0.15) is 0 Å². The first-order valence-corrected chi connectivity index (χ1v) is 6.62. The number of rotatable bonds is 2. The van der Waals surface area contributed by atoms with Crippen LogP contribution >= 0.6 is 23.2 Å². The van der Waals surface area contributed by atoms with Gasteiger partial charge in [-0.25, -0.2) is 0 Å². The maximum Gasteiger partial charge on any atom is 0.283 e. The lowest BCUT2D eigenvalue weighted by Crippen LogP contribution is -2.13. The molecule has 0 atom stereocenters. The van der Waals surface area contributed by atoms with Crippen molar-refractivity contribution in [3.05, 3.63) is 40.5 Å². The third-order valence-electron chi connectivity index (χ3n) is 2.02. The van der Waals surface area contributed by atoms with E-state index >= 15 is 0 Å². The molecule has 1 aromatic carbocycles.